The fourth-order valence-electron chi connectivity index (χ4n) is 4.70. The monoisotopic (exact) mass is 558 g/mol. The van der Waals surface area contributed by atoms with Crippen LogP contribution in [-0.4, -0.2) is 72.1 Å². The number of amides is 2. The summed E-state index contributed by atoms with van der Waals surface area (Å²) in [6.07, 6.45) is 13.3. The zero-order valence-corrected chi connectivity index (χ0v) is 22.7. The third-order valence-corrected chi connectivity index (χ3v) is 8.29. The number of ether oxygens (including phenoxy) is 1. The molecular weight excluding hydrogens is 526 g/mol. The summed E-state index contributed by atoms with van der Waals surface area (Å²) in [5, 5.41) is 3.02. The van der Waals surface area contributed by atoms with Crippen LogP contribution in [0, 0.1) is 5.92 Å². The Morgan fingerprint density at radius 1 is 1.37 bits per heavy atom. The number of methoxy groups -OCH3 is 1. The number of piperidine rings is 1. The Kier molecular flexibility index (Phi) is 9.03. The van der Waals surface area contributed by atoms with Crippen LogP contribution in [0.1, 0.15) is 31.7 Å². The maximum absolute atomic E-state index is 13.4. The summed E-state index contributed by atoms with van der Waals surface area (Å²) in [5.74, 6) is 1.22. The van der Waals surface area contributed by atoms with E-state index < -0.39 is 0 Å². The van der Waals surface area contributed by atoms with Crippen LogP contribution >= 0.6 is 27.7 Å². The molecule has 2 heterocycles. The third-order valence-electron chi connectivity index (χ3n) is 6.47. The zero-order chi connectivity index (χ0) is 24.8. The molecule has 2 amide bonds. The van der Waals surface area contributed by atoms with Gasteiger partial charge < -0.3 is 15.0 Å². The van der Waals surface area contributed by atoms with Gasteiger partial charge in [0.2, 0.25) is 12.3 Å². The highest BCUT2D eigenvalue weighted by molar-refractivity contribution is 9.10. The highest BCUT2D eigenvalue weighted by Gasteiger charge is 2.39. The lowest BCUT2D eigenvalue weighted by molar-refractivity contribution is -0.434. The maximum atomic E-state index is 13.4. The highest BCUT2D eigenvalue weighted by Crippen LogP contribution is 2.34. The van der Waals surface area contributed by atoms with Crippen molar-refractivity contribution in [1.29, 1.82) is 0 Å². The number of nitrogens with zero attached hydrogens (tertiary/aromatic N) is 2. The summed E-state index contributed by atoms with van der Waals surface area (Å²) >= 11 is 5.02. The van der Waals surface area contributed by atoms with E-state index >= 15 is 0 Å². The average molecular weight is 560 g/mol. The van der Waals surface area contributed by atoms with E-state index in [9.17, 15) is 9.59 Å². The molecule has 0 radical (unpaired) electrons. The van der Waals surface area contributed by atoms with Gasteiger partial charge >= 0.3 is 5.91 Å². The van der Waals surface area contributed by atoms with Crippen molar-refractivity contribution in [2.45, 2.75) is 31.4 Å². The number of hydrogen-bond donors (Lipinski definition) is 1. The molecule has 2 aliphatic heterocycles. The van der Waals surface area contributed by atoms with Gasteiger partial charge in [-0.2, -0.15) is 0 Å². The van der Waals surface area contributed by atoms with Gasteiger partial charge in [-0.1, -0.05) is 43.0 Å². The standard InChI is InChI=1S/C27H32BrN3O3S/c1-19-7-5-13-30(17-19)14-6-12-29-26(32)18-31-22-8-3-4-9-24(22)35-25(27(31)33)16-20-10-11-23(34-2)21(28)15-20/h3-4,8-11,15-16,19,24H,5-7,12-14,17-18H2,1-2H3/p+1/b25-16+. The summed E-state index contributed by atoms with van der Waals surface area (Å²) in [7, 11) is 1.62. The van der Waals surface area contributed by atoms with E-state index in [-0.39, 0.29) is 23.6 Å². The third kappa shape index (κ3) is 6.74. The molecule has 1 fully saturated rings. The fourth-order valence-corrected chi connectivity index (χ4v) is 6.44. The quantitative estimate of drug-likeness (QED) is 0.293. The van der Waals surface area contributed by atoms with Gasteiger partial charge in [0.1, 0.15) is 15.9 Å². The summed E-state index contributed by atoms with van der Waals surface area (Å²) in [5.41, 5.74) is 1.75. The molecule has 1 saturated heterocycles. The smallest absolute Gasteiger partial charge is 0.426 e. The molecule has 1 aliphatic carbocycles. The van der Waals surface area contributed by atoms with Crippen molar-refractivity contribution in [2.75, 3.05) is 39.8 Å². The molecule has 2 atom stereocenters. The molecule has 0 bridgehead atoms. The summed E-state index contributed by atoms with van der Waals surface area (Å²) in [4.78, 5) is 29.3. The number of fused-ring (bicyclic) bond motifs is 1. The Hall–Kier alpha value is -2.16. The minimum atomic E-state index is -0.148. The molecule has 1 N–H and O–H groups in total. The minimum absolute atomic E-state index is 0.000435. The Bertz CT molecular complexity index is 1100. The van der Waals surface area contributed by atoms with E-state index in [1.165, 1.54) is 24.6 Å². The lowest BCUT2D eigenvalue weighted by atomic mass is 10.0. The van der Waals surface area contributed by atoms with E-state index in [2.05, 4.69) is 39.1 Å². The largest absolute Gasteiger partial charge is 0.496 e. The molecule has 186 valence electrons. The lowest BCUT2D eigenvalue weighted by Gasteiger charge is -2.30. The van der Waals surface area contributed by atoms with Crippen molar-refractivity contribution in [3.63, 3.8) is 0 Å². The SMILES string of the molecule is COc1ccc(/C=C2/SC3C=CC=CC3=[N+](CC(=O)NCCCN3CCCC(C)C3)C2=O)cc1Br. The first-order valence-electron chi connectivity index (χ1n) is 12.2. The molecule has 1 aromatic carbocycles. The highest BCUT2D eigenvalue weighted by atomic mass is 79.9. The molecule has 0 saturated carbocycles. The number of benzene rings is 1. The molecule has 8 heteroatoms. The molecule has 6 nitrogen and oxygen atoms in total. The fraction of sp³-hybridized carbons (Fsp3) is 0.444. The summed E-state index contributed by atoms with van der Waals surface area (Å²) < 4.78 is 7.75. The number of rotatable bonds is 8. The zero-order valence-electron chi connectivity index (χ0n) is 20.3. The van der Waals surface area contributed by atoms with E-state index in [0.29, 0.717) is 11.4 Å². The normalized spacial score (nSPS) is 23.5. The van der Waals surface area contributed by atoms with Crippen LogP contribution in [0.2, 0.25) is 0 Å². The number of likely N-dealkylation sites (tertiary alicyclic amines) is 1. The van der Waals surface area contributed by atoms with Gasteiger partial charge in [-0.05, 0) is 78.0 Å². The maximum Gasteiger partial charge on any atom is 0.426 e. The number of allylic oxidation sites excluding steroid dienone is 3. The second-order valence-electron chi connectivity index (χ2n) is 9.25. The molecule has 0 aromatic heterocycles. The van der Waals surface area contributed by atoms with Crippen molar-refractivity contribution in [2.24, 2.45) is 5.92 Å². The van der Waals surface area contributed by atoms with Gasteiger partial charge in [-0.3, -0.25) is 4.79 Å². The van der Waals surface area contributed by atoms with Crippen molar-refractivity contribution in [3.05, 3.63) is 57.4 Å². The van der Waals surface area contributed by atoms with Crippen LogP contribution in [0.4, 0.5) is 0 Å². The Morgan fingerprint density at radius 2 is 2.23 bits per heavy atom. The van der Waals surface area contributed by atoms with Crippen molar-refractivity contribution in [3.8, 4) is 5.75 Å². The van der Waals surface area contributed by atoms with Gasteiger partial charge in [0, 0.05) is 19.2 Å². The van der Waals surface area contributed by atoms with Crippen LogP contribution in [-0.2, 0) is 9.59 Å². The number of hydrogen-bond acceptors (Lipinski definition) is 5. The van der Waals surface area contributed by atoms with E-state index in [1.54, 1.807) is 11.7 Å². The van der Waals surface area contributed by atoms with Crippen molar-refractivity contribution in [1.82, 2.24) is 10.2 Å². The van der Waals surface area contributed by atoms with Crippen LogP contribution in [0.25, 0.3) is 6.08 Å². The van der Waals surface area contributed by atoms with Gasteiger partial charge in [0.15, 0.2) is 0 Å². The van der Waals surface area contributed by atoms with Gasteiger partial charge in [0.05, 0.1) is 11.6 Å². The molecule has 1 aromatic rings. The first-order chi connectivity index (χ1) is 16.9. The molecule has 2 unspecified atom stereocenters. The van der Waals surface area contributed by atoms with E-state index in [1.807, 2.05) is 42.5 Å². The number of thioether (sulfide) groups is 1. The number of halogens is 1. The first-order valence-corrected chi connectivity index (χ1v) is 13.9. The van der Waals surface area contributed by atoms with Crippen molar-refractivity contribution >= 4 is 51.3 Å². The number of nitrogens with one attached hydrogen (secondary N) is 1. The van der Waals surface area contributed by atoms with Crippen LogP contribution in [0.3, 0.4) is 0 Å². The van der Waals surface area contributed by atoms with Gasteiger partial charge in [-0.25, -0.2) is 4.79 Å². The summed E-state index contributed by atoms with van der Waals surface area (Å²) in [6.45, 7) is 6.25. The minimum Gasteiger partial charge on any atom is -0.496 e. The Morgan fingerprint density at radius 3 is 3.00 bits per heavy atom. The Labute approximate surface area is 220 Å². The second kappa shape index (κ2) is 12.2. The Balaban J connectivity index is 1.41. The summed E-state index contributed by atoms with van der Waals surface area (Å²) in [6, 6.07) is 5.71. The predicted octanol–water partition coefficient (Wildman–Crippen LogP) is 4.26. The van der Waals surface area contributed by atoms with Gasteiger partial charge in [0.25, 0.3) is 5.91 Å². The first kappa shape index (κ1) is 25.9. The second-order valence-corrected chi connectivity index (χ2v) is 11.3. The number of carbonyl (C=O) groups excluding carboxylic acids is 2. The molecule has 0 spiro atoms. The average Bonchev–Trinajstić information content (AvgIpc) is 2.84. The number of carbonyl (C=O) groups is 2. The van der Waals surface area contributed by atoms with Gasteiger partial charge in [-0.15, -0.1) is 4.58 Å². The topological polar surface area (TPSA) is 61.7 Å². The predicted molar refractivity (Wildman–Crippen MR) is 146 cm³/mol. The van der Waals surface area contributed by atoms with Crippen molar-refractivity contribution < 1.29 is 18.9 Å². The van der Waals surface area contributed by atoms with E-state index in [0.717, 1.165) is 53.5 Å². The van der Waals surface area contributed by atoms with Crippen LogP contribution in [0.5, 0.6) is 5.75 Å². The molecule has 4 rings (SSSR count). The molecular formula is C27H33BrN3O3S+. The van der Waals surface area contributed by atoms with E-state index in [4.69, 9.17) is 4.74 Å². The molecule has 35 heavy (non-hydrogen) atoms. The van der Waals surface area contributed by atoms with Crippen LogP contribution < -0.4 is 10.1 Å². The molecule has 3 aliphatic rings. The van der Waals surface area contributed by atoms with Crippen LogP contribution in [0.15, 0.2) is 51.9 Å². The lowest BCUT2D eigenvalue weighted by Crippen LogP contribution is -2.44.